The Kier molecular flexibility index (Phi) is 9.38. The summed E-state index contributed by atoms with van der Waals surface area (Å²) in [4.78, 5) is 35.8. The van der Waals surface area contributed by atoms with Gasteiger partial charge in [0.05, 0.1) is 0 Å². The molecule has 29 heavy (non-hydrogen) atoms. The van der Waals surface area contributed by atoms with Crippen molar-refractivity contribution < 1.29 is 19.1 Å². The van der Waals surface area contributed by atoms with Crippen LogP contribution >= 0.6 is 0 Å². The standard InChI is InChI=1S/C22H33N3O4/c1-15(2)16(3)13-20(27)24-14-17-9-7-8-10-18(17)25-19(26)11-12-23-21(28)29-22(4,5)6/h7-10,13,15H,11-12,14H2,1-6H3,(H,23,28)(H,24,27)(H,25,26)/b16-13+. The van der Waals surface area contributed by atoms with Gasteiger partial charge in [-0.2, -0.15) is 0 Å². The minimum Gasteiger partial charge on any atom is -0.444 e. The molecule has 0 fully saturated rings. The zero-order valence-corrected chi connectivity index (χ0v) is 18.2. The highest BCUT2D eigenvalue weighted by Gasteiger charge is 2.16. The number of alkyl carbamates (subject to hydrolysis) is 1. The van der Waals surface area contributed by atoms with Crippen LogP contribution in [0.5, 0.6) is 0 Å². The van der Waals surface area contributed by atoms with Crippen molar-refractivity contribution in [1.82, 2.24) is 10.6 Å². The molecule has 3 amide bonds. The molecular formula is C22H33N3O4. The molecule has 0 spiro atoms. The smallest absolute Gasteiger partial charge is 0.407 e. The Labute approximate surface area is 173 Å². The van der Waals surface area contributed by atoms with E-state index in [1.165, 1.54) is 0 Å². The first-order chi connectivity index (χ1) is 13.5. The molecule has 0 unspecified atom stereocenters. The number of benzene rings is 1. The summed E-state index contributed by atoms with van der Waals surface area (Å²) < 4.78 is 5.13. The maximum absolute atomic E-state index is 12.2. The maximum Gasteiger partial charge on any atom is 0.407 e. The molecule has 0 radical (unpaired) electrons. The van der Waals surface area contributed by atoms with Crippen molar-refractivity contribution in [1.29, 1.82) is 0 Å². The van der Waals surface area contributed by atoms with Crippen molar-refractivity contribution >= 4 is 23.6 Å². The zero-order valence-electron chi connectivity index (χ0n) is 18.2. The van der Waals surface area contributed by atoms with Crippen molar-refractivity contribution in [3.05, 3.63) is 41.5 Å². The van der Waals surface area contributed by atoms with Gasteiger partial charge in [0.2, 0.25) is 11.8 Å². The first-order valence-corrected chi connectivity index (χ1v) is 9.78. The molecule has 7 heteroatoms. The number of amides is 3. The first-order valence-electron chi connectivity index (χ1n) is 9.78. The fraction of sp³-hybridized carbons (Fsp3) is 0.500. The number of carbonyl (C=O) groups is 3. The van der Waals surface area contributed by atoms with Crippen molar-refractivity contribution in [2.45, 2.75) is 60.1 Å². The van der Waals surface area contributed by atoms with Gasteiger partial charge in [0, 0.05) is 31.3 Å². The highest BCUT2D eigenvalue weighted by Crippen LogP contribution is 2.15. The van der Waals surface area contributed by atoms with E-state index < -0.39 is 11.7 Å². The third kappa shape index (κ3) is 10.3. The van der Waals surface area contributed by atoms with Crippen LogP contribution in [-0.2, 0) is 20.9 Å². The molecule has 0 bridgehead atoms. The van der Waals surface area contributed by atoms with E-state index >= 15 is 0 Å². The number of carbonyl (C=O) groups excluding carboxylic acids is 3. The quantitative estimate of drug-likeness (QED) is 0.576. The lowest BCUT2D eigenvalue weighted by atomic mass is 10.1. The number of para-hydroxylation sites is 1. The first kappa shape index (κ1) is 24.2. The van der Waals surface area contributed by atoms with Crippen molar-refractivity contribution in [2.24, 2.45) is 5.92 Å². The zero-order chi connectivity index (χ0) is 22.0. The van der Waals surface area contributed by atoms with Crippen LogP contribution in [0.25, 0.3) is 0 Å². The Morgan fingerprint density at radius 3 is 2.38 bits per heavy atom. The fourth-order valence-corrected chi connectivity index (χ4v) is 2.21. The van der Waals surface area contributed by atoms with Crippen LogP contribution in [0.4, 0.5) is 10.5 Å². The second-order valence-electron chi connectivity index (χ2n) is 8.14. The van der Waals surface area contributed by atoms with Gasteiger partial charge < -0.3 is 20.7 Å². The van der Waals surface area contributed by atoms with Crippen LogP contribution in [0, 0.1) is 5.92 Å². The Morgan fingerprint density at radius 2 is 1.76 bits per heavy atom. The van der Waals surface area contributed by atoms with E-state index in [9.17, 15) is 14.4 Å². The second-order valence-corrected chi connectivity index (χ2v) is 8.14. The fourth-order valence-electron chi connectivity index (χ4n) is 2.21. The summed E-state index contributed by atoms with van der Waals surface area (Å²) in [6, 6.07) is 7.27. The molecule has 160 valence electrons. The normalized spacial score (nSPS) is 11.8. The third-order valence-electron chi connectivity index (χ3n) is 4.03. The lowest BCUT2D eigenvalue weighted by molar-refractivity contribution is -0.117. The SMILES string of the molecule is C/C(=C\C(=O)NCc1ccccc1NC(=O)CCNC(=O)OC(C)(C)C)C(C)C. The largest absolute Gasteiger partial charge is 0.444 e. The van der Waals surface area contributed by atoms with Gasteiger partial charge in [-0.05, 0) is 45.2 Å². The van der Waals surface area contributed by atoms with Crippen molar-refractivity contribution in [3.8, 4) is 0 Å². The van der Waals surface area contributed by atoms with Crippen LogP contribution < -0.4 is 16.0 Å². The highest BCUT2D eigenvalue weighted by molar-refractivity contribution is 5.92. The van der Waals surface area contributed by atoms with E-state index in [4.69, 9.17) is 4.74 Å². The summed E-state index contributed by atoms with van der Waals surface area (Å²) in [5, 5.41) is 8.21. The number of nitrogens with one attached hydrogen (secondary N) is 3. The Balaban J connectivity index is 2.55. The molecule has 0 aliphatic heterocycles. The molecule has 1 rings (SSSR count). The Hall–Kier alpha value is -2.83. The lowest BCUT2D eigenvalue weighted by Gasteiger charge is -2.19. The van der Waals surface area contributed by atoms with Crippen LogP contribution in [0.3, 0.4) is 0 Å². The predicted octanol–water partition coefficient (Wildman–Crippen LogP) is 3.76. The molecule has 0 saturated carbocycles. The molecule has 7 nitrogen and oxygen atoms in total. The van der Waals surface area contributed by atoms with E-state index in [0.717, 1.165) is 11.1 Å². The Morgan fingerprint density at radius 1 is 1.10 bits per heavy atom. The van der Waals surface area contributed by atoms with Gasteiger partial charge >= 0.3 is 6.09 Å². The number of anilines is 1. The second kappa shape index (κ2) is 11.2. The van der Waals surface area contributed by atoms with E-state index in [1.807, 2.05) is 39.0 Å². The maximum atomic E-state index is 12.2. The van der Waals surface area contributed by atoms with E-state index in [2.05, 4.69) is 16.0 Å². The van der Waals surface area contributed by atoms with E-state index in [-0.39, 0.29) is 24.8 Å². The van der Waals surface area contributed by atoms with Crippen molar-refractivity contribution in [3.63, 3.8) is 0 Å². The van der Waals surface area contributed by atoms with Gasteiger partial charge in [0.15, 0.2) is 0 Å². The van der Waals surface area contributed by atoms with Gasteiger partial charge in [0.1, 0.15) is 5.60 Å². The molecule has 0 aromatic heterocycles. The molecule has 0 saturated heterocycles. The number of rotatable bonds is 8. The van der Waals surface area contributed by atoms with Crippen molar-refractivity contribution in [2.75, 3.05) is 11.9 Å². The third-order valence-corrected chi connectivity index (χ3v) is 4.03. The molecule has 0 heterocycles. The van der Waals surface area contributed by atoms with Crippen LogP contribution in [0.2, 0.25) is 0 Å². The topological polar surface area (TPSA) is 96.5 Å². The molecule has 3 N–H and O–H groups in total. The number of hydrogen-bond acceptors (Lipinski definition) is 4. The molecule has 0 aliphatic rings. The Bertz CT molecular complexity index is 749. The monoisotopic (exact) mass is 403 g/mol. The highest BCUT2D eigenvalue weighted by atomic mass is 16.6. The van der Waals surface area contributed by atoms with Gasteiger partial charge in [-0.15, -0.1) is 0 Å². The summed E-state index contributed by atoms with van der Waals surface area (Å²) >= 11 is 0. The van der Waals surface area contributed by atoms with E-state index in [1.54, 1.807) is 32.9 Å². The predicted molar refractivity (Wildman–Crippen MR) is 114 cm³/mol. The molecule has 1 aromatic carbocycles. The summed E-state index contributed by atoms with van der Waals surface area (Å²) in [5.74, 6) is -0.101. The minimum atomic E-state index is -0.585. The molecular weight excluding hydrogens is 370 g/mol. The molecule has 1 aromatic rings. The number of allylic oxidation sites excluding steroid dienone is 1. The van der Waals surface area contributed by atoms with Crippen LogP contribution in [0.15, 0.2) is 35.9 Å². The van der Waals surface area contributed by atoms with Gasteiger partial charge in [-0.1, -0.05) is 37.6 Å². The minimum absolute atomic E-state index is 0.107. The summed E-state index contributed by atoms with van der Waals surface area (Å²) in [6.07, 6.45) is 1.14. The number of ether oxygens (including phenoxy) is 1. The van der Waals surface area contributed by atoms with E-state index in [0.29, 0.717) is 18.2 Å². The average Bonchev–Trinajstić information content (AvgIpc) is 2.59. The van der Waals surface area contributed by atoms with Crippen LogP contribution in [0.1, 0.15) is 53.5 Å². The number of hydrogen-bond donors (Lipinski definition) is 3. The van der Waals surface area contributed by atoms with Gasteiger partial charge in [0.25, 0.3) is 0 Å². The summed E-state index contributed by atoms with van der Waals surface area (Å²) in [7, 11) is 0. The average molecular weight is 404 g/mol. The van der Waals surface area contributed by atoms with Crippen LogP contribution in [-0.4, -0.2) is 30.1 Å². The summed E-state index contributed by atoms with van der Waals surface area (Å²) in [5.41, 5.74) is 1.84. The van der Waals surface area contributed by atoms with Gasteiger partial charge in [-0.25, -0.2) is 4.79 Å². The molecule has 0 aliphatic carbocycles. The molecule has 0 atom stereocenters. The van der Waals surface area contributed by atoms with Gasteiger partial charge in [-0.3, -0.25) is 9.59 Å². The lowest BCUT2D eigenvalue weighted by Crippen LogP contribution is -2.34. The summed E-state index contributed by atoms with van der Waals surface area (Å²) in [6.45, 7) is 11.8.